The van der Waals surface area contributed by atoms with Crippen LogP contribution in [-0.2, 0) is 6.54 Å². The molecule has 0 saturated heterocycles. The molecule has 0 unspecified atom stereocenters. The lowest BCUT2D eigenvalue weighted by atomic mass is 10.2. The van der Waals surface area contributed by atoms with Crippen LogP contribution in [0.4, 0.5) is 0 Å². The third kappa shape index (κ3) is 5.08. The van der Waals surface area contributed by atoms with Crippen molar-refractivity contribution in [3.05, 3.63) is 59.7 Å². The molecule has 1 N–H and O–H groups in total. The molecule has 3 nitrogen and oxygen atoms in total. The summed E-state index contributed by atoms with van der Waals surface area (Å²) in [4.78, 5) is 0. The second kappa shape index (κ2) is 9.11. The molecule has 2 aromatic rings. The maximum Gasteiger partial charge on any atom is 0.123 e. The molecule has 0 aromatic heterocycles. The zero-order chi connectivity index (χ0) is 15.6. The van der Waals surface area contributed by atoms with Crippen LogP contribution in [0, 0.1) is 6.92 Å². The number of hydrogen-bond acceptors (Lipinski definition) is 3. The molecule has 2 rings (SSSR count). The van der Waals surface area contributed by atoms with Crippen molar-refractivity contribution in [3.8, 4) is 11.5 Å². The van der Waals surface area contributed by atoms with Gasteiger partial charge in [0.2, 0.25) is 0 Å². The Morgan fingerprint density at radius 1 is 0.909 bits per heavy atom. The maximum absolute atomic E-state index is 5.79. The Kier molecular flexibility index (Phi) is 6.78. The van der Waals surface area contributed by atoms with E-state index in [0.717, 1.165) is 44.0 Å². The fraction of sp³-hybridized carbons (Fsp3) is 0.368. The first kappa shape index (κ1) is 16.4. The van der Waals surface area contributed by atoms with Gasteiger partial charge in [0.25, 0.3) is 0 Å². The van der Waals surface area contributed by atoms with Gasteiger partial charge in [-0.1, -0.05) is 36.4 Å². The second-order valence-electron chi connectivity index (χ2n) is 5.31. The molecule has 3 heteroatoms. The Balaban J connectivity index is 1.59. The molecule has 0 aliphatic carbocycles. The van der Waals surface area contributed by atoms with Gasteiger partial charge in [-0.2, -0.15) is 0 Å². The van der Waals surface area contributed by atoms with Gasteiger partial charge < -0.3 is 14.8 Å². The van der Waals surface area contributed by atoms with Crippen molar-refractivity contribution < 1.29 is 9.47 Å². The van der Waals surface area contributed by atoms with Crippen molar-refractivity contribution in [2.45, 2.75) is 26.3 Å². The van der Waals surface area contributed by atoms with Crippen LogP contribution in [0.1, 0.15) is 24.0 Å². The number of ether oxygens (including phenoxy) is 2. The highest BCUT2D eigenvalue weighted by Crippen LogP contribution is 2.17. The largest absolute Gasteiger partial charge is 0.496 e. The molecule has 0 aliphatic rings. The average Bonchev–Trinajstić information content (AvgIpc) is 2.56. The van der Waals surface area contributed by atoms with Crippen LogP contribution in [0.2, 0.25) is 0 Å². The first-order valence-corrected chi connectivity index (χ1v) is 7.82. The van der Waals surface area contributed by atoms with Crippen LogP contribution in [0.15, 0.2) is 48.5 Å². The van der Waals surface area contributed by atoms with Crippen LogP contribution >= 0.6 is 0 Å². The minimum Gasteiger partial charge on any atom is -0.496 e. The van der Waals surface area contributed by atoms with Crippen LogP contribution in [0.3, 0.4) is 0 Å². The normalized spacial score (nSPS) is 10.5. The lowest BCUT2D eigenvalue weighted by Gasteiger charge is -2.10. The van der Waals surface area contributed by atoms with E-state index in [2.05, 4.69) is 24.4 Å². The molecule has 0 heterocycles. The minimum absolute atomic E-state index is 0.765. The molecule has 0 atom stereocenters. The lowest BCUT2D eigenvalue weighted by Crippen LogP contribution is -2.16. The predicted octanol–water partition coefficient (Wildman–Crippen LogP) is 3.95. The second-order valence-corrected chi connectivity index (χ2v) is 5.31. The fourth-order valence-electron chi connectivity index (χ4n) is 2.32. The number of aryl methyl sites for hydroxylation is 1. The van der Waals surface area contributed by atoms with E-state index in [4.69, 9.17) is 9.47 Å². The van der Waals surface area contributed by atoms with Gasteiger partial charge in [0.05, 0.1) is 13.7 Å². The average molecular weight is 299 g/mol. The number of rotatable bonds is 9. The summed E-state index contributed by atoms with van der Waals surface area (Å²) in [5.74, 6) is 1.93. The summed E-state index contributed by atoms with van der Waals surface area (Å²) in [6.07, 6.45) is 2.15. The van der Waals surface area contributed by atoms with Crippen LogP contribution in [0.25, 0.3) is 0 Å². The number of methoxy groups -OCH3 is 1. The van der Waals surface area contributed by atoms with E-state index in [0.29, 0.717) is 0 Å². The summed E-state index contributed by atoms with van der Waals surface area (Å²) in [5, 5.41) is 3.45. The molecule has 22 heavy (non-hydrogen) atoms. The monoisotopic (exact) mass is 299 g/mol. The molecule has 0 saturated carbocycles. The van der Waals surface area contributed by atoms with E-state index >= 15 is 0 Å². The van der Waals surface area contributed by atoms with Crippen molar-refractivity contribution in [1.82, 2.24) is 5.32 Å². The Bertz CT molecular complexity index is 569. The van der Waals surface area contributed by atoms with E-state index in [1.54, 1.807) is 7.11 Å². The Labute approximate surface area is 133 Å². The van der Waals surface area contributed by atoms with Gasteiger partial charge in [0.1, 0.15) is 11.5 Å². The number of hydrogen-bond donors (Lipinski definition) is 1. The quantitative estimate of drug-likeness (QED) is 0.711. The molecule has 0 spiro atoms. The number of unbranched alkanes of at least 4 members (excludes halogenated alkanes) is 1. The van der Waals surface area contributed by atoms with E-state index in [1.165, 1.54) is 11.1 Å². The molecule has 0 bridgehead atoms. The Hall–Kier alpha value is -2.00. The van der Waals surface area contributed by atoms with Gasteiger partial charge in [0, 0.05) is 12.1 Å². The highest BCUT2D eigenvalue weighted by atomic mass is 16.5. The first-order chi connectivity index (χ1) is 10.8. The van der Waals surface area contributed by atoms with Crippen molar-refractivity contribution in [2.24, 2.45) is 0 Å². The molecule has 0 aliphatic heterocycles. The minimum atomic E-state index is 0.765. The smallest absolute Gasteiger partial charge is 0.123 e. The fourth-order valence-corrected chi connectivity index (χ4v) is 2.32. The topological polar surface area (TPSA) is 30.5 Å². The summed E-state index contributed by atoms with van der Waals surface area (Å²) in [7, 11) is 1.71. The lowest BCUT2D eigenvalue weighted by molar-refractivity contribution is 0.304. The molecule has 0 amide bonds. The predicted molar refractivity (Wildman–Crippen MR) is 90.6 cm³/mol. The molecule has 0 radical (unpaired) electrons. The van der Waals surface area contributed by atoms with E-state index in [1.807, 2.05) is 36.4 Å². The van der Waals surface area contributed by atoms with Gasteiger partial charge in [0.15, 0.2) is 0 Å². The molecular weight excluding hydrogens is 274 g/mol. The summed E-state index contributed by atoms with van der Waals surface area (Å²) in [6.45, 7) is 4.66. The van der Waals surface area contributed by atoms with Crippen molar-refractivity contribution in [2.75, 3.05) is 20.3 Å². The zero-order valence-electron chi connectivity index (χ0n) is 13.5. The highest BCUT2D eigenvalue weighted by Gasteiger charge is 2.01. The van der Waals surface area contributed by atoms with Gasteiger partial charge in [-0.25, -0.2) is 0 Å². The summed E-state index contributed by atoms with van der Waals surface area (Å²) in [5.41, 5.74) is 2.39. The first-order valence-electron chi connectivity index (χ1n) is 7.82. The number of para-hydroxylation sites is 2. The third-order valence-electron chi connectivity index (χ3n) is 3.61. The molecular formula is C19H25NO2. The number of benzene rings is 2. The summed E-state index contributed by atoms with van der Waals surface area (Å²) >= 11 is 0. The molecule has 2 aromatic carbocycles. The van der Waals surface area contributed by atoms with E-state index < -0.39 is 0 Å². The van der Waals surface area contributed by atoms with Crippen LogP contribution < -0.4 is 14.8 Å². The van der Waals surface area contributed by atoms with E-state index in [-0.39, 0.29) is 0 Å². The van der Waals surface area contributed by atoms with Crippen LogP contribution in [-0.4, -0.2) is 20.3 Å². The van der Waals surface area contributed by atoms with Crippen molar-refractivity contribution in [1.29, 1.82) is 0 Å². The van der Waals surface area contributed by atoms with E-state index in [9.17, 15) is 0 Å². The zero-order valence-corrected chi connectivity index (χ0v) is 13.5. The Morgan fingerprint density at radius 3 is 2.41 bits per heavy atom. The van der Waals surface area contributed by atoms with Crippen molar-refractivity contribution in [3.63, 3.8) is 0 Å². The Morgan fingerprint density at radius 2 is 1.64 bits per heavy atom. The SMILES string of the molecule is COc1ccccc1CNCCCCOc1ccccc1C. The summed E-state index contributed by atoms with van der Waals surface area (Å²) in [6, 6.07) is 16.3. The molecule has 118 valence electrons. The third-order valence-corrected chi connectivity index (χ3v) is 3.61. The number of nitrogens with one attached hydrogen (secondary N) is 1. The van der Waals surface area contributed by atoms with Gasteiger partial charge in [-0.15, -0.1) is 0 Å². The molecule has 0 fully saturated rings. The van der Waals surface area contributed by atoms with Crippen molar-refractivity contribution >= 4 is 0 Å². The standard InChI is InChI=1S/C19H25NO2/c1-16-9-3-5-11-18(16)22-14-8-7-13-20-15-17-10-4-6-12-19(17)21-2/h3-6,9-12,20H,7-8,13-15H2,1-2H3. The van der Waals surface area contributed by atoms with Gasteiger partial charge >= 0.3 is 0 Å². The van der Waals surface area contributed by atoms with Gasteiger partial charge in [-0.05, 0) is 44.0 Å². The van der Waals surface area contributed by atoms with Crippen LogP contribution in [0.5, 0.6) is 11.5 Å². The van der Waals surface area contributed by atoms with Gasteiger partial charge in [-0.3, -0.25) is 0 Å². The summed E-state index contributed by atoms with van der Waals surface area (Å²) < 4.78 is 11.1. The highest BCUT2D eigenvalue weighted by molar-refractivity contribution is 5.33. The maximum atomic E-state index is 5.79.